The SMILES string of the molecule is O=C(O)c1cc(Cl)cc(N(O)O)c1[O-]. The van der Waals surface area contributed by atoms with E-state index < -0.39 is 28.2 Å². The lowest BCUT2D eigenvalue weighted by molar-refractivity contribution is -0.269. The topological polar surface area (TPSA) is 104 Å². The molecule has 3 N–H and O–H groups in total. The van der Waals surface area contributed by atoms with Crippen molar-refractivity contribution in [2.75, 3.05) is 5.23 Å². The van der Waals surface area contributed by atoms with Gasteiger partial charge in [-0.1, -0.05) is 17.4 Å². The molecule has 0 aliphatic heterocycles. The highest BCUT2D eigenvalue weighted by Gasteiger charge is 2.11. The van der Waals surface area contributed by atoms with Crippen molar-refractivity contribution in [1.29, 1.82) is 0 Å². The van der Waals surface area contributed by atoms with Gasteiger partial charge in [0.05, 0.1) is 11.3 Å². The molecule has 14 heavy (non-hydrogen) atoms. The molecule has 0 spiro atoms. The molecule has 0 saturated heterocycles. The van der Waals surface area contributed by atoms with E-state index in [4.69, 9.17) is 27.1 Å². The predicted molar refractivity (Wildman–Crippen MR) is 43.9 cm³/mol. The first-order valence-corrected chi connectivity index (χ1v) is 3.73. The maximum atomic E-state index is 11.2. The minimum absolute atomic E-state index is 0.0786. The van der Waals surface area contributed by atoms with Gasteiger partial charge in [0.25, 0.3) is 0 Å². The first-order valence-electron chi connectivity index (χ1n) is 3.35. The Morgan fingerprint density at radius 3 is 2.43 bits per heavy atom. The van der Waals surface area contributed by atoms with Crippen LogP contribution < -0.4 is 10.3 Å². The Morgan fingerprint density at radius 2 is 2.00 bits per heavy atom. The second kappa shape index (κ2) is 3.70. The van der Waals surface area contributed by atoms with E-state index in [9.17, 15) is 9.90 Å². The molecule has 1 aromatic rings. The molecule has 1 aromatic carbocycles. The van der Waals surface area contributed by atoms with Crippen molar-refractivity contribution in [3.8, 4) is 5.75 Å². The monoisotopic (exact) mass is 218 g/mol. The fourth-order valence-electron chi connectivity index (χ4n) is 0.887. The number of hydrogen-bond acceptors (Lipinski definition) is 5. The third kappa shape index (κ3) is 1.87. The summed E-state index contributed by atoms with van der Waals surface area (Å²) in [6.45, 7) is 0. The minimum atomic E-state index is -1.49. The summed E-state index contributed by atoms with van der Waals surface area (Å²) in [6, 6.07) is 1.87. The second-order valence-corrected chi connectivity index (χ2v) is 2.83. The molecule has 0 bridgehead atoms. The molecule has 0 atom stereocenters. The van der Waals surface area contributed by atoms with Crippen LogP contribution in [0.2, 0.25) is 5.02 Å². The Labute approximate surface area is 83.1 Å². The van der Waals surface area contributed by atoms with E-state index in [1.54, 1.807) is 0 Å². The lowest BCUT2D eigenvalue weighted by atomic mass is 10.2. The summed E-state index contributed by atoms with van der Waals surface area (Å²) in [5, 5.41) is 36.4. The average Bonchev–Trinajstić information content (AvgIpc) is 2.07. The zero-order valence-corrected chi connectivity index (χ0v) is 7.39. The Morgan fingerprint density at radius 1 is 1.43 bits per heavy atom. The Kier molecular flexibility index (Phi) is 2.80. The number of carboxylic acid groups (broad SMARTS) is 1. The molecule has 0 aliphatic carbocycles. The summed E-state index contributed by atoms with van der Waals surface area (Å²) >= 11 is 5.46. The van der Waals surface area contributed by atoms with Crippen LogP contribution >= 0.6 is 11.6 Å². The Balaban J connectivity index is 3.40. The number of halogens is 1. The zero-order chi connectivity index (χ0) is 10.9. The first kappa shape index (κ1) is 10.6. The van der Waals surface area contributed by atoms with E-state index >= 15 is 0 Å². The van der Waals surface area contributed by atoms with Gasteiger partial charge in [0.1, 0.15) is 0 Å². The summed E-state index contributed by atoms with van der Waals surface area (Å²) in [5.41, 5.74) is -1.24. The number of rotatable bonds is 2. The molecule has 0 aromatic heterocycles. The molecule has 0 amide bonds. The van der Waals surface area contributed by atoms with Gasteiger partial charge in [0, 0.05) is 5.02 Å². The third-order valence-corrected chi connectivity index (χ3v) is 1.70. The van der Waals surface area contributed by atoms with E-state index in [2.05, 4.69) is 0 Å². The molecule has 0 fully saturated rings. The van der Waals surface area contributed by atoms with Crippen molar-refractivity contribution in [3.63, 3.8) is 0 Å². The summed E-state index contributed by atoms with van der Waals surface area (Å²) < 4.78 is 0. The van der Waals surface area contributed by atoms with Crippen molar-refractivity contribution in [1.82, 2.24) is 0 Å². The van der Waals surface area contributed by atoms with E-state index in [-0.39, 0.29) is 5.02 Å². The smallest absolute Gasteiger partial charge is 0.335 e. The van der Waals surface area contributed by atoms with Crippen LogP contribution in [0.3, 0.4) is 0 Å². The summed E-state index contributed by atoms with van der Waals surface area (Å²) in [6.07, 6.45) is 0. The normalized spacial score (nSPS) is 9.93. The number of nitrogens with zero attached hydrogens (tertiary/aromatic N) is 1. The van der Waals surface area contributed by atoms with Gasteiger partial charge in [-0.2, -0.15) is 0 Å². The lowest BCUT2D eigenvalue weighted by Crippen LogP contribution is -2.16. The molecule has 76 valence electrons. The van der Waals surface area contributed by atoms with Gasteiger partial charge in [-0.25, -0.2) is 4.79 Å². The summed E-state index contributed by atoms with van der Waals surface area (Å²) in [7, 11) is 0. The molecule has 0 radical (unpaired) electrons. The lowest BCUT2D eigenvalue weighted by Gasteiger charge is -2.19. The first-order chi connectivity index (χ1) is 6.43. The van der Waals surface area contributed by atoms with Crippen molar-refractivity contribution in [2.24, 2.45) is 0 Å². The van der Waals surface area contributed by atoms with E-state index in [1.807, 2.05) is 0 Å². The van der Waals surface area contributed by atoms with Gasteiger partial charge in [0.15, 0.2) is 0 Å². The van der Waals surface area contributed by atoms with Crippen LogP contribution in [0.4, 0.5) is 5.69 Å². The third-order valence-electron chi connectivity index (χ3n) is 1.48. The van der Waals surface area contributed by atoms with Gasteiger partial charge in [0.2, 0.25) is 0 Å². The highest BCUT2D eigenvalue weighted by atomic mass is 35.5. The zero-order valence-electron chi connectivity index (χ0n) is 6.64. The van der Waals surface area contributed by atoms with Crippen molar-refractivity contribution in [3.05, 3.63) is 22.7 Å². The summed E-state index contributed by atoms with van der Waals surface area (Å²) in [5.74, 6) is -2.51. The molecular formula is C7H5ClNO5-. The van der Waals surface area contributed by atoms with Gasteiger partial charge in [-0.15, -0.1) is 5.23 Å². The number of anilines is 1. The van der Waals surface area contributed by atoms with E-state index in [0.717, 1.165) is 12.1 Å². The standard InChI is InChI=1S/C7H6ClNO5/c8-3-1-4(7(11)12)6(10)5(2-3)9(13)14/h1-2,10,13-14H,(H,11,12)/p-1. The van der Waals surface area contributed by atoms with Gasteiger partial charge >= 0.3 is 5.97 Å². The highest BCUT2D eigenvalue weighted by Crippen LogP contribution is 2.30. The van der Waals surface area contributed by atoms with E-state index in [0.29, 0.717) is 0 Å². The Hall–Kier alpha value is -1.50. The molecule has 7 heteroatoms. The maximum absolute atomic E-state index is 11.2. The minimum Gasteiger partial charge on any atom is -0.870 e. The molecule has 0 aliphatic rings. The van der Waals surface area contributed by atoms with E-state index in [1.165, 1.54) is 0 Å². The number of benzene rings is 1. The number of carbonyl (C=O) groups is 1. The van der Waals surface area contributed by atoms with Crippen LogP contribution in [0, 0.1) is 0 Å². The molecule has 6 nitrogen and oxygen atoms in total. The molecule has 1 rings (SSSR count). The van der Waals surface area contributed by atoms with Crippen molar-refractivity contribution >= 4 is 23.3 Å². The quantitative estimate of drug-likeness (QED) is 0.631. The maximum Gasteiger partial charge on any atom is 0.335 e. The average molecular weight is 219 g/mol. The van der Waals surface area contributed by atoms with Crippen LogP contribution in [0.1, 0.15) is 10.4 Å². The number of carboxylic acids is 1. The number of aromatic carboxylic acids is 1. The van der Waals surface area contributed by atoms with Gasteiger partial charge in [-0.05, 0) is 12.1 Å². The van der Waals surface area contributed by atoms with Crippen molar-refractivity contribution in [2.45, 2.75) is 0 Å². The molecular weight excluding hydrogens is 214 g/mol. The van der Waals surface area contributed by atoms with Crippen LogP contribution in [0.5, 0.6) is 5.75 Å². The van der Waals surface area contributed by atoms with Gasteiger partial charge < -0.3 is 10.2 Å². The second-order valence-electron chi connectivity index (χ2n) is 2.40. The van der Waals surface area contributed by atoms with Crippen LogP contribution in [0.25, 0.3) is 0 Å². The van der Waals surface area contributed by atoms with Crippen LogP contribution in [0.15, 0.2) is 12.1 Å². The predicted octanol–water partition coefficient (Wildman–Crippen LogP) is 0.697. The number of hydrogen-bond donors (Lipinski definition) is 3. The molecule has 0 heterocycles. The molecule has 0 unspecified atom stereocenters. The summed E-state index contributed by atoms with van der Waals surface area (Å²) in [4.78, 5) is 10.5. The largest absolute Gasteiger partial charge is 0.870 e. The Bertz CT molecular complexity index is 379. The fraction of sp³-hybridized carbons (Fsp3) is 0. The fourth-order valence-corrected chi connectivity index (χ4v) is 1.10. The van der Waals surface area contributed by atoms with Crippen molar-refractivity contribution < 1.29 is 25.4 Å². The van der Waals surface area contributed by atoms with Gasteiger partial charge in [-0.3, -0.25) is 10.4 Å². The van der Waals surface area contributed by atoms with Crippen LogP contribution in [-0.2, 0) is 0 Å². The highest BCUT2D eigenvalue weighted by molar-refractivity contribution is 6.31. The van der Waals surface area contributed by atoms with Crippen LogP contribution in [-0.4, -0.2) is 21.5 Å². The molecule has 0 saturated carbocycles.